The Morgan fingerprint density at radius 2 is 1.71 bits per heavy atom. The second kappa shape index (κ2) is 11.5. The van der Waals surface area contributed by atoms with E-state index >= 15 is 0 Å². The number of nitrogens with one attached hydrogen (secondary N) is 1. The fourth-order valence-corrected chi connectivity index (χ4v) is 3.21. The molecule has 0 fully saturated rings. The van der Waals surface area contributed by atoms with E-state index in [1.165, 1.54) is 42.4 Å². The fraction of sp³-hybridized carbons (Fsp3) is 0.296. The molecule has 38 heavy (non-hydrogen) atoms. The van der Waals surface area contributed by atoms with Crippen LogP contribution in [0.15, 0.2) is 60.8 Å². The third-order valence-corrected chi connectivity index (χ3v) is 5.08. The number of alkyl halides is 3. The summed E-state index contributed by atoms with van der Waals surface area (Å²) in [6.45, 7) is 5.53. The van der Waals surface area contributed by atoms with Gasteiger partial charge in [-0.25, -0.2) is 14.2 Å². The molecule has 1 heterocycles. The molecule has 0 saturated carbocycles. The Morgan fingerprint density at radius 1 is 1.03 bits per heavy atom. The van der Waals surface area contributed by atoms with Crippen molar-refractivity contribution >= 4 is 12.0 Å². The summed E-state index contributed by atoms with van der Waals surface area (Å²) < 4.78 is 63.5. The number of carbonyl (C=O) groups excluding carboxylic acids is 2. The van der Waals surface area contributed by atoms with Crippen molar-refractivity contribution in [2.75, 3.05) is 20.1 Å². The van der Waals surface area contributed by atoms with Crippen LogP contribution in [0.4, 0.5) is 22.4 Å². The standard InChI is InChI=1S/C27H27F4N3O4/c1-26(2,3)38-25(36)34(4)13-12-32-23(35)18-15-22(17-6-5-7-20(28)14-17)24(33-16-18)37-21-10-8-19(9-11-21)27(29,30)31/h5-11,14-16H,12-13H2,1-4H3,(H,32,35). The van der Waals surface area contributed by atoms with Gasteiger partial charge in [0.1, 0.15) is 17.2 Å². The highest BCUT2D eigenvalue weighted by Crippen LogP contribution is 2.35. The average molecular weight is 534 g/mol. The number of benzene rings is 2. The van der Waals surface area contributed by atoms with Gasteiger partial charge in [0.15, 0.2) is 0 Å². The van der Waals surface area contributed by atoms with Crippen LogP contribution in [0, 0.1) is 5.82 Å². The lowest BCUT2D eigenvalue weighted by molar-refractivity contribution is -0.137. The molecule has 0 bridgehead atoms. The highest BCUT2D eigenvalue weighted by atomic mass is 19.4. The van der Waals surface area contributed by atoms with E-state index in [0.29, 0.717) is 5.56 Å². The highest BCUT2D eigenvalue weighted by molar-refractivity contribution is 5.95. The van der Waals surface area contributed by atoms with Gasteiger partial charge in [0, 0.05) is 31.9 Å². The van der Waals surface area contributed by atoms with Gasteiger partial charge in [-0.15, -0.1) is 0 Å². The number of hydrogen-bond acceptors (Lipinski definition) is 5. The van der Waals surface area contributed by atoms with E-state index < -0.39 is 35.2 Å². The lowest BCUT2D eigenvalue weighted by Gasteiger charge is -2.24. The molecule has 1 N–H and O–H groups in total. The Morgan fingerprint density at radius 3 is 2.32 bits per heavy atom. The molecule has 11 heteroatoms. The van der Waals surface area contributed by atoms with E-state index in [1.807, 2.05) is 0 Å². The minimum atomic E-state index is -4.50. The first-order chi connectivity index (χ1) is 17.7. The zero-order valence-corrected chi connectivity index (χ0v) is 21.2. The lowest BCUT2D eigenvalue weighted by Crippen LogP contribution is -2.39. The molecule has 0 aliphatic heterocycles. The quantitative estimate of drug-likeness (QED) is 0.361. The van der Waals surface area contributed by atoms with E-state index in [9.17, 15) is 27.2 Å². The summed E-state index contributed by atoms with van der Waals surface area (Å²) in [4.78, 5) is 30.3. The second-order valence-corrected chi connectivity index (χ2v) is 9.37. The Kier molecular flexibility index (Phi) is 8.60. The Labute approximate surface area is 217 Å². The third-order valence-electron chi connectivity index (χ3n) is 5.08. The smallest absolute Gasteiger partial charge is 0.416 e. The molecular weight excluding hydrogens is 506 g/mol. The van der Waals surface area contributed by atoms with Gasteiger partial charge in [-0.05, 0) is 68.8 Å². The van der Waals surface area contributed by atoms with Crippen LogP contribution >= 0.6 is 0 Å². The summed E-state index contributed by atoms with van der Waals surface area (Å²) in [5.41, 5.74) is -0.768. The first-order valence-electron chi connectivity index (χ1n) is 11.6. The van der Waals surface area contributed by atoms with Crippen molar-refractivity contribution < 1.29 is 36.6 Å². The molecule has 0 atom stereocenters. The highest BCUT2D eigenvalue weighted by Gasteiger charge is 2.30. The van der Waals surface area contributed by atoms with E-state index in [4.69, 9.17) is 9.47 Å². The Bertz CT molecular complexity index is 1290. The fourth-order valence-electron chi connectivity index (χ4n) is 3.21. The van der Waals surface area contributed by atoms with Crippen molar-refractivity contribution in [3.63, 3.8) is 0 Å². The maximum Gasteiger partial charge on any atom is 0.416 e. The van der Waals surface area contributed by atoms with Gasteiger partial charge < -0.3 is 19.7 Å². The predicted molar refractivity (Wildman–Crippen MR) is 132 cm³/mol. The molecule has 3 aromatic rings. The average Bonchev–Trinajstić information content (AvgIpc) is 2.83. The summed E-state index contributed by atoms with van der Waals surface area (Å²) in [6, 6.07) is 11.0. The second-order valence-electron chi connectivity index (χ2n) is 9.37. The van der Waals surface area contributed by atoms with Crippen molar-refractivity contribution in [2.24, 2.45) is 0 Å². The molecule has 2 aromatic carbocycles. The summed E-state index contributed by atoms with van der Waals surface area (Å²) in [5, 5.41) is 2.68. The number of rotatable bonds is 7. The van der Waals surface area contributed by atoms with Gasteiger partial charge in [0.05, 0.1) is 11.1 Å². The molecule has 0 spiro atoms. The number of pyridine rings is 1. The topological polar surface area (TPSA) is 80.8 Å². The van der Waals surface area contributed by atoms with E-state index in [0.717, 1.165) is 24.3 Å². The Balaban J connectivity index is 1.78. The number of aromatic nitrogens is 1. The van der Waals surface area contributed by atoms with Gasteiger partial charge in [0.25, 0.3) is 5.91 Å². The van der Waals surface area contributed by atoms with Gasteiger partial charge in [-0.1, -0.05) is 12.1 Å². The van der Waals surface area contributed by atoms with Crippen LogP contribution in [0.3, 0.4) is 0 Å². The summed E-state index contributed by atoms with van der Waals surface area (Å²) in [6.07, 6.45) is -3.80. The van der Waals surface area contributed by atoms with Crippen molar-refractivity contribution in [1.82, 2.24) is 15.2 Å². The van der Waals surface area contributed by atoms with Crippen LogP contribution < -0.4 is 10.1 Å². The normalized spacial score (nSPS) is 11.6. The molecular formula is C27H27F4N3O4. The van der Waals surface area contributed by atoms with Gasteiger partial charge >= 0.3 is 12.3 Å². The minimum Gasteiger partial charge on any atom is -0.444 e. The van der Waals surface area contributed by atoms with Gasteiger partial charge in [-0.2, -0.15) is 13.2 Å². The largest absolute Gasteiger partial charge is 0.444 e. The van der Waals surface area contributed by atoms with Crippen LogP contribution in [0.2, 0.25) is 0 Å². The van der Waals surface area contributed by atoms with E-state index in [2.05, 4.69) is 10.3 Å². The lowest BCUT2D eigenvalue weighted by atomic mass is 10.0. The SMILES string of the molecule is CN(CCNC(=O)c1cnc(Oc2ccc(C(F)(F)F)cc2)c(-c2cccc(F)c2)c1)C(=O)OC(C)(C)C. The number of likely N-dealkylation sites (N-methyl/N-ethyl adjacent to an activating group) is 1. The monoisotopic (exact) mass is 533 g/mol. The van der Waals surface area contributed by atoms with Crippen LogP contribution in [-0.2, 0) is 10.9 Å². The van der Waals surface area contributed by atoms with Crippen molar-refractivity contribution in [3.8, 4) is 22.8 Å². The number of hydrogen-bond donors (Lipinski definition) is 1. The first kappa shape index (κ1) is 28.4. The summed E-state index contributed by atoms with van der Waals surface area (Å²) >= 11 is 0. The number of nitrogens with zero attached hydrogens (tertiary/aromatic N) is 2. The third kappa shape index (κ3) is 7.92. The molecule has 0 saturated heterocycles. The molecule has 202 valence electrons. The van der Waals surface area contributed by atoms with Gasteiger partial charge in [0.2, 0.25) is 5.88 Å². The number of carbonyl (C=O) groups is 2. The van der Waals surface area contributed by atoms with Crippen LogP contribution in [0.5, 0.6) is 11.6 Å². The molecule has 7 nitrogen and oxygen atoms in total. The molecule has 3 rings (SSSR count). The first-order valence-corrected chi connectivity index (χ1v) is 11.6. The van der Waals surface area contributed by atoms with Crippen molar-refractivity contribution in [1.29, 1.82) is 0 Å². The number of ether oxygens (including phenoxy) is 2. The number of amides is 2. The zero-order valence-electron chi connectivity index (χ0n) is 21.2. The van der Waals surface area contributed by atoms with Crippen LogP contribution in [0.1, 0.15) is 36.7 Å². The maximum atomic E-state index is 13.9. The summed E-state index contributed by atoms with van der Waals surface area (Å²) in [7, 11) is 1.54. The molecule has 0 aliphatic carbocycles. The summed E-state index contributed by atoms with van der Waals surface area (Å²) in [5.74, 6) is -1.00. The van der Waals surface area contributed by atoms with E-state index in [1.54, 1.807) is 26.8 Å². The van der Waals surface area contributed by atoms with Crippen LogP contribution in [-0.4, -0.2) is 47.6 Å². The van der Waals surface area contributed by atoms with Crippen molar-refractivity contribution in [3.05, 3.63) is 77.7 Å². The number of halogens is 4. The zero-order chi connectivity index (χ0) is 28.1. The van der Waals surface area contributed by atoms with Crippen molar-refractivity contribution in [2.45, 2.75) is 32.5 Å². The molecule has 2 amide bonds. The van der Waals surface area contributed by atoms with Gasteiger partial charge in [-0.3, -0.25) is 4.79 Å². The maximum absolute atomic E-state index is 13.9. The molecule has 0 radical (unpaired) electrons. The predicted octanol–water partition coefficient (Wildman–Crippen LogP) is 6.30. The molecule has 0 aliphatic rings. The minimum absolute atomic E-state index is 0.0310. The molecule has 1 aromatic heterocycles. The Hall–Kier alpha value is -4.15. The van der Waals surface area contributed by atoms with Crippen LogP contribution in [0.25, 0.3) is 11.1 Å². The molecule has 0 unspecified atom stereocenters. The van der Waals surface area contributed by atoms with E-state index in [-0.39, 0.29) is 35.8 Å².